The second-order valence-corrected chi connectivity index (χ2v) is 6.46. The average Bonchev–Trinajstić information content (AvgIpc) is 2.49. The maximum atomic E-state index is 12.4. The van der Waals surface area contributed by atoms with Gasteiger partial charge in [-0.25, -0.2) is 0 Å². The molecule has 0 aliphatic carbocycles. The minimum absolute atomic E-state index is 0.166. The number of carbonyl (C=O) groups is 2. The molecule has 2 saturated heterocycles. The lowest BCUT2D eigenvalue weighted by Crippen LogP contribution is -2.49. The largest absolute Gasteiger partial charge is 0.469 e. The number of carbonyl (C=O) groups excluding carboxylic acids is 2. The molecule has 0 aromatic rings. The fourth-order valence-electron chi connectivity index (χ4n) is 3.31. The predicted octanol–water partition coefficient (Wildman–Crippen LogP) is 1.66. The van der Waals surface area contributed by atoms with Crippen LogP contribution >= 0.6 is 0 Å². The Labute approximate surface area is 127 Å². The summed E-state index contributed by atoms with van der Waals surface area (Å²) in [7, 11) is 1.43. The van der Waals surface area contributed by atoms with Crippen LogP contribution in [0.25, 0.3) is 0 Å². The van der Waals surface area contributed by atoms with Crippen molar-refractivity contribution in [3.8, 4) is 0 Å². The zero-order valence-electron chi connectivity index (χ0n) is 13.3. The third-order valence-corrected chi connectivity index (χ3v) is 4.85. The van der Waals surface area contributed by atoms with E-state index in [1.54, 1.807) is 0 Å². The number of amides is 1. The van der Waals surface area contributed by atoms with E-state index in [0.717, 1.165) is 57.7 Å². The first kappa shape index (κ1) is 16.3. The lowest BCUT2D eigenvalue weighted by molar-refractivity contribution is -0.144. The standard InChI is InChI=1S/C16H28N2O3/c1-13-6-9-17(10-7-13)15(19)12-18-8-4-3-5-14(18)11-16(20)21-2/h13-14H,3-12H2,1-2H3. The van der Waals surface area contributed by atoms with Crippen molar-refractivity contribution in [3.05, 3.63) is 0 Å². The average molecular weight is 296 g/mol. The van der Waals surface area contributed by atoms with Crippen molar-refractivity contribution in [1.82, 2.24) is 9.80 Å². The molecule has 2 fully saturated rings. The summed E-state index contributed by atoms with van der Waals surface area (Å²) >= 11 is 0. The molecule has 21 heavy (non-hydrogen) atoms. The number of hydrogen-bond acceptors (Lipinski definition) is 4. The van der Waals surface area contributed by atoms with Crippen LogP contribution in [0.2, 0.25) is 0 Å². The van der Waals surface area contributed by atoms with Gasteiger partial charge in [-0.1, -0.05) is 13.3 Å². The van der Waals surface area contributed by atoms with Crippen LogP contribution in [0.5, 0.6) is 0 Å². The zero-order chi connectivity index (χ0) is 15.2. The van der Waals surface area contributed by atoms with Gasteiger partial charge in [0.1, 0.15) is 0 Å². The van der Waals surface area contributed by atoms with Gasteiger partial charge in [-0.2, -0.15) is 0 Å². The van der Waals surface area contributed by atoms with Crippen molar-refractivity contribution in [2.45, 2.75) is 51.5 Å². The highest BCUT2D eigenvalue weighted by Gasteiger charge is 2.29. The van der Waals surface area contributed by atoms with Crippen molar-refractivity contribution >= 4 is 11.9 Å². The summed E-state index contributed by atoms with van der Waals surface area (Å²) in [5.41, 5.74) is 0. The number of hydrogen-bond donors (Lipinski definition) is 0. The minimum atomic E-state index is -0.175. The van der Waals surface area contributed by atoms with E-state index in [2.05, 4.69) is 11.8 Å². The van der Waals surface area contributed by atoms with Crippen LogP contribution in [0.3, 0.4) is 0 Å². The highest BCUT2D eigenvalue weighted by Crippen LogP contribution is 2.21. The van der Waals surface area contributed by atoms with Crippen LogP contribution in [-0.4, -0.2) is 61.0 Å². The molecular formula is C16H28N2O3. The second kappa shape index (κ2) is 7.78. The summed E-state index contributed by atoms with van der Waals surface area (Å²) in [5.74, 6) is 0.779. The lowest BCUT2D eigenvalue weighted by atomic mass is 9.98. The predicted molar refractivity (Wildman–Crippen MR) is 80.8 cm³/mol. The van der Waals surface area contributed by atoms with E-state index >= 15 is 0 Å². The summed E-state index contributed by atoms with van der Waals surface area (Å²) in [6, 6.07) is 0.166. The van der Waals surface area contributed by atoms with Gasteiger partial charge < -0.3 is 9.64 Å². The molecule has 1 atom stereocenters. The molecule has 0 saturated carbocycles. The second-order valence-electron chi connectivity index (χ2n) is 6.46. The number of ether oxygens (including phenoxy) is 1. The maximum Gasteiger partial charge on any atom is 0.307 e. The molecular weight excluding hydrogens is 268 g/mol. The van der Waals surface area contributed by atoms with Crippen LogP contribution < -0.4 is 0 Å². The summed E-state index contributed by atoms with van der Waals surface area (Å²) in [6.45, 7) is 5.39. The van der Waals surface area contributed by atoms with Crippen LogP contribution in [-0.2, 0) is 14.3 Å². The number of piperidine rings is 2. The van der Waals surface area contributed by atoms with Crippen LogP contribution in [0, 0.1) is 5.92 Å². The first-order chi connectivity index (χ1) is 10.1. The Morgan fingerprint density at radius 1 is 1.10 bits per heavy atom. The summed E-state index contributed by atoms with van der Waals surface area (Å²) < 4.78 is 4.77. The maximum absolute atomic E-state index is 12.4. The van der Waals surface area contributed by atoms with Gasteiger partial charge in [-0.3, -0.25) is 14.5 Å². The molecule has 120 valence electrons. The molecule has 5 nitrogen and oxygen atoms in total. The molecule has 2 aliphatic heterocycles. The normalized spacial score (nSPS) is 24.9. The number of esters is 1. The molecule has 0 radical (unpaired) electrons. The van der Waals surface area contributed by atoms with E-state index < -0.39 is 0 Å². The molecule has 1 amide bonds. The number of rotatable bonds is 4. The molecule has 0 N–H and O–H groups in total. The van der Waals surface area contributed by atoms with E-state index in [1.165, 1.54) is 7.11 Å². The topological polar surface area (TPSA) is 49.9 Å². The Bertz CT molecular complexity index is 365. The van der Waals surface area contributed by atoms with Crippen molar-refractivity contribution in [2.75, 3.05) is 33.3 Å². The van der Waals surface area contributed by atoms with Crippen LogP contribution in [0.4, 0.5) is 0 Å². The van der Waals surface area contributed by atoms with Crippen molar-refractivity contribution < 1.29 is 14.3 Å². The molecule has 1 unspecified atom stereocenters. The fraction of sp³-hybridized carbons (Fsp3) is 0.875. The van der Waals surface area contributed by atoms with E-state index in [4.69, 9.17) is 4.74 Å². The molecule has 2 heterocycles. The smallest absolute Gasteiger partial charge is 0.307 e. The Morgan fingerprint density at radius 2 is 1.81 bits per heavy atom. The Kier molecular flexibility index (Phi) is 6.03. The number of nitrogens with zero attached hydrogens (tertiary/aromatic N) is 2. The number of likely N-dealkylation sites (tertiary alicyclic amines) is 2. The highest BCUT2D eigenvalue weighted by atomic mass is 16.5. The third kappa shape index (κ3) is 4.70. The molecule has 0 aromatic heterocycles. The van der Waals surface area contributed by atoms with E-state index in [-0.39, 0.29) is 17.9 Å². The minimum Gasteiger partial charge on any atom is -0.469 e. The van der Waals surface area contributed by atoms with E-state index in [9.17, 15) is 9.59 Å². The first-order valence-corrected chi connectivity index (χ1v) is 8.18. The van der Waals surface area contributed by atoms with Gasteiger partial charge in [0, 0.05) is 19.1 Å². The third-order valence-electron chi connectivity index (χ3n) is 4.85. The quantitative estimate of drug-likeness (QED) is 0.740. The van der Waals surface area contributed by atoms with Gasteiger partial charge in [0.05, 0.1) is 20.1 Å². The Hall–Kier alpha value is -1.10. The van der Waals surface area contributed by atoms with Gasteiger partial charge in [0.25, 0.3) is 0 Å². The summed E-state index contributed by atoms with van der Waals surface area (Å²) in [5, 5.41) is 0. The van der Waals surface area contributed by atoms with Gasteiger partial charge in [-0.15, -0.1) is 0 Å². The van der Waals surface area contributed by atoms with Gasteiger partial charge in [0.15, 0.2) is 0 Å². The molecule has 0 aromatic carbocycles. The van der Waals surface area contributed by atoms with Crippen LogP contribution in [0.15, 0.2) is 0 Å². The monoisotopic (exact) mass is 296 g/mol. The van der Waals surface area contributed by atoms with Gasteiger partial charge in [0.2, 0.25) is 5.91 Å². The Balaban J connectivity index is 1.86. The highest BCUT2D eigenvalue weighted by molar-refractivity contribution is 5.78. The van der Waals surface area contributed by atoms with Crippen LogP contribution in [0.1, 0.15) is 45.4 Å². The van der Waals surface area contributed by atoms with Crippen molar-refractivity contribution in [2.24, 2.45) is 5.92 Å². The van der Waals surface area contributed by atoms with Gasteiger partial charge >= 0.3 is 5.97 Å². The van der Waals surface area contributed by atoms with E-state index in [0.29, 0.717) is 13.0 Å². The lowest BCUT2D eigenvalue weighted by Gasteiger charge is -2.37. The molecule has 0 bridgehead atoms. The summed E-state index contributed by atoms with van der Waals surface area (Å²) in [6.07, 6.45) is 5.85. The SMILES string of the molecule is COC(=O)CC1CCCCN1CC(=O)N1CCC(C)CC1. The zero-order valence-corrected chi connectivity index (χ0v) is 13.3. The van der Waals surface area contributed by atoms with E-state index in [1.807, 2.05) is 4.90 Å². The molecule has 5 heteroatoms. The summed E-state index contributed by atoms with van der Waals surface area (Å²) in [4.78, 5) is 28.1. The number of methoxy groups -OCH3 is 1. The fourth-order valence-corrected chi connectivity index (χ4v) is 3.31. The van der Waals surface area contributed by atoms with Crippen molar-refractivity contribution in [1.29, 1.82) is 0 Å². The first-order valence-electron chi connectivity index (χ1n) is 8.18. The molecule has 2 aliphatic rings. The molecule has 0 spiro atoms. The van der Waals surface area contributed by atoms with Gasteiger partial charge in [-0.05, 0) is 38.1 Å². The molecule has 2 rings (SSSR count). The van der Waals surface area contributed by atoms with Crippen molar-refractivity contribution in [3.63, 3.8) is 0 Å². The Morgan fingerprint density at radius 3 is 2.48 bits per heavy atom.